The summed E-state index contributed by atoms with van der Waals surface area (Å²) in [5.41, 5.74) is 0.783. The van der Waals surface area contributed by atoms with Crippen LogP contribution >= 0.6 is 11.8 Å². The van der Waals surface area contributed by atoms with Gasteiger partial charge in [0, 0.05) is 14.1 Å². The number of hydrogen-bond donors (Lipinski definition) is 3. The van der Waals surface area contributed by atoms with E-state index in [0.717, 1.165) is 4.90 Å². The molecule has 4 amide bonds. The Balaban J connectivity index is 1.54. The normalized spacial score (nSPS) is 25.1. The monoisotopic (exact) mass is 475 g/mol. The topological polar surface area (TPSA) is 93.8 Å². The molecule has 2 fully saturated rings. The molecular weight excluding hydrogens is 452 g/mol. The van der Waals surface area contributed by atoms with Gasteiger partial charge in [0.2, 0.25) is 11.8 Å². The summed E-state index contributed by atoms with van der Waals surface area (Å²) in [5, 5.41) is 8.52. The van der Waals surface area contributed by atoms with Crippen molar-refractivity contribution in [1.82, 2.24) is 20.4 Å². The predicted octanol–water partition coefficient (Wildman–Crippen LogP) is 2.32. The Morgan fingerprint density at radius 3 is 2.45 bits per heavy atom. The molecule has 2 aromatic carbocycles. The molecule has 2 heterocycles. The molecular formula is C22H23F2N5O3S. The lowest BCUT2D eigenvalue weighted by Crippen LogP contribution is -2.72. The molecule has 11 heteroatoms. The highest BCUT2D eigenvalue weighted by atomic mass is 32.2. The second kappa shape index (κ2) is 9.46. The predicted molar refractivity (Wildman–Crippen MR) is 120 cm³/mol. The lowest BCUT2D eigenvalue weighted by molar-refractivity contribution is -0.140. The SMILES string of the molecule is CN1C(=O)C2C(SCC(=O)Nc3ccccc3F)NC(c3ccc(F)cc3)NC2N(C)C1=O. The Morgan fingerprint density at radius 1 is 1.06 bits per heavy atom. The lowest BCUT2D eigenvalue weighted by atomic mass is 9.96. The molecule has 2 aliphatic rings. The molecule has 2 saturated heterocycles. The van der Waals surface area contributed by atoms with Crippen molar-refractivity contribution in [2.45, 2.75) is 17.7 Å². The highest BCUT2D eigenvalue weighted by Crippen LogP contribution is 2.34. The van der Waals surface area contributed by atoms with Gasteiger partial charge in [-0.25, -0.2) is 13.6 Å². The number of halogens is 2. The summed E-state index contributed by atoms with van der Waals surface area (Å²) >= 11 is 1.18. The fourth-order valence-electron chi connectivity index (χ4n) is 3.96. The number of fused-ring (bicyclic) bond motifs is 1. The molecule has 4 unspecified atom stereocenters. The average molecular weight is 476 g/mol. The first-order chi connectivity index (χ1) is 15.8. The third-order valence-corrected chi connectivity index (χ3v) is 6.92. The number of anilines is 1. The molecule has 2 aliphatic heterocycles. The maximum Gasteiger partial charge on any atom is 0.327 e. The molecule has 3 N–H and O–H groups in total. The quantitative estimate of drug-likeness (QED) is 0.615. The standard InChI is InChI=1S/C22H23F2N5O3S/c1-28-19-17(21(31)29(2)22(28)32)20(27-18(26-19)12-7-9-13(23)10-8-12)33-11-16(30)25-15-6-4-3-5-14(15)24/h3-10,17-20,26-27H,11H2,1-2H3,(H,25,30). The third kappa shape index (κ3) is 4.70. The van der Waals surface area contributed by atoms with E-state index < -0.39 is 41.4 Å². The number of amides is 4. The molecule has 0 aliphatic carbocycles. The Morgan fingerprint density at radius 2 is 1.76 bits per heavy atom. The van der Waals surface area contributed by atoms with Crippen LogP contribution in [0.4, 0.5) is 19.3 Å². The smallest absolute Gasteiger partial charge is 0.323 e. The zero-order valence-electron chi connectivity index (χ0n) is 17.9. The number of thioether (sulfide) groups is 1. The van der Waals surface area contributed by atoms with Gasteiger partial charge in [-0.1, -0.05) is 24.3 Å². The van der Waals surface area contributed by atoms with Crippen LogP contribution in [0.5, 0.6) is 0 Å². The number of para-hydroxylation sites is 1. The van der Waals surface area contributed by atoms with Crippen LogP contribution < -0.4 is 16.0 Å². The molecule has 8 nitrogen and oxygen atoms in total. The molecule has 0 spiro atoms. The van der Waals surface area contributed by atoms with E-state index in [1.807, 2.05) is 0 Å². The zero-order valence-corrected chi connectivity index (χ0v) is 18.7. The molecule has 0 radical (unpaired) electrons. The van der Waals surface area contributed by atoms with Gasteiger partial charge in [0.25, 0.3) is 0 Å². The summed E-state index contributed by atoms with van der Waals surface area (Å²) in [6, 6.07) is 11.2. The van der Waals surface area contributed by atoms with E-state index in [0.29, 0.717) is 5.56 Å². The number of nitrogens with one attached hydrogen (secondary N) is 3. The molecule has 174 valence electrons. The van der Waals surface area contributed by atoms with Gasteiger partial charge >= 0.3 is 6.03 Å². The summed E-state index contributed by atoms with van der Waals surface area (Å²) in [7, 11) is 3.01. The van der Waals surface area contributed by atoms with Crippen LogP contribution in [-0.4, -0.2) is 59.0 Å². The Kier molecular flexibility index (Phi) is 6.63. The first-order valence-corrected chi connectivity index (χ1v) is 11.3. The fourth-order valence-corrected chi connectivity index (χ4v) is 5.07. The molecule has 4 rings (SSSR count). The number of benzene rings is 2. The van der Waals surface area contributed by atoms with Gasteiger partial charge < -0.3 is 10.2 Å². The molecule has 4 atom stereocenters. The van der Waals surface area contributed by atoms with Crippen LogP contribution in [0.1, 0.15) is 11.7 Å². The van der Waals surface area contributed by atoms with Gasteiger partial charge in [-0.2, -0.15) is 0 Å². The second-order valence-electron chi connectivity index (χ2n) is 7.84. The largest absolute Gasteiger partial charge is 0.327 e. The third-order valence-electron chi connectivity index (χ3n) is 5.70. The molecule has 0 aromatic heterocycles. The molecule has 0 bridgehead atoms. The van der Waals surface area contributed by atoms with Crippen LogP contribution in [0.3, 0.4) is 0 Å². The Bertz CT molecular complexity index is 1070. The van der Waals surface area contributed by atoms with Crippen LogP contribution in [0.2, 0.25) is 0 Å². The van der Waals surface area contributed by atoms with E-state index in [4.69, 9.17) is 0 Å². The zero-order chi connectivity index (χ0) is 23.7. The van der Waals surface area contributed by atoms with Crippen molar-refractivity contribution in [2.75, 3.05) is 25.2 Å². The Labute approximate surface area is 193 Å². The number of imide groups is 1. The number of nitrogens with zero attached hydrogens (tertiary/aromatic N) is 2. The van der Waals surface area contributed by atoms with E-state index >= 15 is 0 Å². The van der Waals surface area contributed by atoms with Crippen molar-refractivity contribution in [3.8, 4) is 0 Å². The highest BCUT2D eigenvalue weighted by Gasteiger charge is 2.51. The summed E-state index contributed by atoms with van der Waals surface area (Å²) in [4.78, 5) is 40.4. The van der Waals surface area contributed by atoms with Gasteiger partial charge in [-0.05, 0) is 29.8 Å². The maximum absolute atomic E-state index is 13.9. The van der Waals surface area contributed by atoms with Crippen molar-refractivity contribution < 1.29 is 23.2 Å². The van der Waals surface area contributed by atoms with Crippen LogP contribution in [0.15, 0.2) is 48.5 Å². The van der Waals surface area contributed by atoms with Crippen molar-refractivity contribution in [3.63, 3.8) is 0 Å². The van der Waals surface area contributed by atoms with E-state index in [9.17, 15) is 23.2 Å². The number of carbonyl (C=O) groups is 3. The first kappa shape index (κ1) is 23.1. The minimum Gasteiger partial charge on any atom is -0.323 e. The summed E-state index contributed by atoms with van der Waals surface area (Å²) in [6.07, 6.45) is -1.13. The van der Waals surface area contributed by atoms with Crippen molar-refractivity contribution in [1.29, 1.82) is 0 Å². The first-order valence-electron chi connectivity index (χ1n) is 10.2. The summed E-state index contributed by atoms with van der Waals surface area (Å²) < 4.78 is 27.3. The average Bonchev–Trinajstić information content (AvgIpc) is 2.81. The minimum absolute atomic E-state index is 0.0555. The number of urea groups is 1. The van der Waals surface area contributed by atoms with E-state index in [-0.39, 0.29) is 23.2 Å². The number of hydrogen-bond acceptors (Lipinski definition) is 6. The van der Waals surface area contributed by atoms with Crippen molar-refractivity contribution in [2.24, 2.45) is 5.92 Å². The van der Waals surface area contributed by atoms with Gasteiger partial charge in [0.05, 0.1) is 35.1 Å². The number of carbonyl (C=O) groups excluding carboxylic acids is 3. The van der Waals surface area contributed by atoms with Gasteiger partial charge in [-0.3, -0.25) is 25.1 Å². The maximum atomic E-state index is 13.9. The van der Waals surface area contributed by atoms with Gasteiger partial charge in [0.15, 0.2) is 0 Å². The van der Waals surface area contributed by atoms with Crippen LogP contribution in [0, 0.1) is 17.6 Å². The molecule has 2 aromatic rings. The van der Waals surface area contributed by atoms with Gasteiger partial charge in [-0.15, -0.1) is 11.8 Å². The summed E-state index contributed by atoms with van der Waals surface area (Å²) in [6.45, 7) is 0. The minimum atomic E-state index is -0.680. The number of rotatable bonds is 5. The molecule has 33 heavy (non-hydrogen) atoms. The van der Waals surface area contributed by atoms with E-state index in [2.05, 4.69) is 16.0 Å². The summed E-state index contributed by atoms with van der Waals surface area (Å²) in [5.74, 6) is -2.48. The lowest BCUT2D eigenvalue weighted by Gasteiger charge is -2.50. The second-order valence-corrected chi connectivity index (χ2v) is 8.97. The molecule has 0 saturated carbocycles. The van der Waals surface area contributed by atoms with Crippen molar-refractivity contribution >= 4 is 35.3 Å². The van der Waals surface area contributed by atoms with E-state index in [1.54, 1.807) is 25.2 Å². The van der Waals surface area contributed by atoms with Crippen LogP contribution in [-0.2, 0) is 9.59 Å². The van der Waals surface area contributed by atoms with Gasteiger partial charge in [0.1, 0.15) is 11.6 Å². The fraction of sp³-hybridized carbons (Fsp3) is 0.318. The van der Waals surface area contributed by atoms with Crippen molar-refractivity contribution in [3.05, 3.63) is 65.7 Å². The Hall–Kier alpha value is -3.02. The van der Waals surface area contributed by atoms with Crippen LogP contribution in [0.25, 0.3) is 0 Å². The highest BCUT2D eigenvalue weighted by molar-refractivity contribution is 8.00. The van der Waals surface area contributed by atoms with E-state index in [1.165, 1.54) is 54.0 Å².